The number of benzene rings is 3. The average molecular weight is 438 g/mol. The maximum absolute atomic E-state index is 13.1. The number of fused-ring (bicyclic) bond motifs is 4. The normalized spacial score (nSPS) is 13.2. The Hall–Kier alpha value is -4.19. The number of aliphatic carboxylic acids is 1. The van der Waals surface area contributed by atoms with Crippen LogP contribution in [-0.2, 0) is 16.0 Å². The molecule has 0 radical (unpaired) electrons. The first-order chi connectivity index (χ1) is 16.1. The molecule has 1 N–H and O–H groups in total. The molecule has 0 aliphatic heterocycles. The Bertz CT molecular complexity index is 1320. The summed E-state index contributed by atoms with van der Waals surface area (Å²) < 4.78 is 5.10. The Morgan fingerprint density at radius 1 is 0.970 bits per heavy atom. The summed E-state index contributed by atoms with van der Waals surface area (Å²) in [6.45, 7) is 0. The van der Waals surface area contributed by atoms with E-state index in [1.54, 1.807) is 6.20 Å². The van der Waals surface area contributed by atoms with Crippen LogP contribution < -0.4 is 0 Å². The molecule has 3 aromatic carbocycles. The Morgan fingerprint density at radius 2 is 1.58 bits per heavy atom. The summed E-state index contributed by atoms with van der Waals surface area (Å²) in [4.78, 5) is 31.4. The Morgan fingerprint density at radius 3 is 2.21 bits per heavy atom. The predicted octanol–water partition coefficient (Wildman–Crippen LogP) is 5.07. The van der Waals surface area contributed by atoms with E-state index >= 15 is 0 Å². The average Bonchev–Trinajstić information content (AvgIpc) is 3.17. The van der Waals surface area contributed by atoms with Crippen molar-refractivity contribution in [1.82, 2.24) is 9.88 Å². The summed E-state index contributed by atoms with van der Waals surface area (Å²) in [5, 5.41) is 11.2. The molecule has 0 saturated heterocycles. The minimum Gasteiger partial charge on any atom is -0.480 e. The van der Waals surface area contributed by atoms with E-state index in [1.807, 2.05) is 78.9 Å². The smallest absolute Gasteiger partial charge is 0.411 e. The molecular weight excluding hydrogens is 416 g/mol. The zero-order valence-electron chi connectivity index (χ0n) is 18.0. The van der Waals surface area contributed by atoms with Gasteiger partial charge in [-0.1, -0.05) is 66.7 Å². The topological polar surface area (TPSA) is 79.7 Å². The molecule has 0 bridgehead atoms. The summed E-state index contributed by atoms with van der Waals surface area (Å²) in [5.41, 5.74) is 5.30. The molecule has 0 saturated carbocycles. The molecular formula is C27H22N2O4. The molecule has 0 unspecified atom stereocenters. The predicted molar refractivity (Wildman–Crippen MR) is 125 cm³/mol. The second-order valence-corrected chi connectivity index (χ2v) is 8.05. The molecule has 4 aromatic rings. The number of nitrogens with zero attached hydrogens (tertiary/aromatic N) is 2. The van der Waals surface area contributed by atoms with Gasteiger partial charge in [-0.15, -0.1) is 0 Å². The van der Waals surface area contributed by atoms with Crippen molar-refractivity contribution in [3.8, 4) is 11.1 Å². The molecule has 1 heterocycles. The van der Waals surface area contributed by atoms with Gasteiger partial charge in [-0.3, -0.25) is 9.88 Å². The molecule has 1 atom stereocenters. The zero-order chi connectivity index (χ0) is 22.9. The van der Waals surface area contributed by atoms with E-state index in [-0.39, 0.29) is 6.42 Å². The van der Waals surface area contributed by atoms with Crippen molar-refractivity contribution < 1.29 is 19.4 Å². The molecule has 5 rings (SSSR count). The fourth-order valence-corrected chi connectivity index (χ4v) is 4.70. The van der Waals surface area contributed by atoms with Gasteiger partial charge in [0.1, 0.15) is 6.04 Å². The Balaban J connectivity index is 1.61. The van der Waals surface area contributed by atoms with Gasteiger partial charge in [0, 0.05) is 18.0 Å². The summed E-state index contributed by atoms with van der Waals surface area (Å²) in [6, 6.07) is 23.4. The number of carboxylic acids is 1. The molecule has 1 aromatic heterocycles. The molecule has 164 valence electrons. The molecule has 6 nitrogen and oxygen atoms in total. The summed E-state index contributed by atoms with van der Waals surface area (Å²) in [6.07, 6.45) is 1.08. The van der Waals surface area contributed by atoms with E-state index in [2.05, 4.69) is 4.98 Å². The van der Waals surface area contributed by atoms with Gasteiger partial charge in [-0.25, -0.2) is 9.59 Å². The molecule has 1 aliphatic rings. The van der Waals surface area contributed by atoms with Crippen LogP contribution in [0.25, 0.3) is 22.0 Å². The molecule has 0 fully saturated rings. The van der Waals surface area contributed by atoms with Crippen molar-refractivity contribution in [2.75, 3.05) is 7.11 Å². The van der Waals surface area contributed by atoms with Crippen molar-refractivity contribution >= 4 is 23.0 Å². The quantitative estimate of drug-likeness (QED) is 0.471. The maximum Gasteiger partial charge on any atom is 0.411 e. The number of aromatic nitrogens is 1. The number of amides is 1. The van der Waals surface area contributed by atoms with Gasteiger partial charge in [0.15, 0.2) is 0 Å². The molecule has 1 amide bonds. The Labute approximate surface area is 191 Å². The van der Waals surface area contributed by atoms with Gasteiger partial charge in [0.05, 0.1) is 18.7 Å². The summed E-state index contributed by atoms with van der Waals surface area (Å²) >= 11 is 0. The Kier molecular flexibility index (Phi) is 5.26. The SMILES string of the molecule is COC(=O)N(C1c2ccccc2-c2ccccc21)[C@H](Cc1cnc2ccccc2c1)C(=O)O. The minimum atomic E-state index is -1.15. The first kappa shape index (κ1) is 20.7. The zero-order valence-corrected chi connectivity index (χ0v) is 18.0. The molecule has 1 aliphatic carbocycles. The van der Waals surface area contributed by atoms with Crippen molar-refractivity contribution in [1.29, 1.82) is 0 Å². The third-order valence-electron chi connectivity index (χ3n) is 6.16. The van der Waals surface area contributed by atoms with Crippen molar-refractivity contribution in [3.05, 3.63) is 102 Å². The van der Waals surface area contributed by atoms with Crippen molar-refractivity contribution in [2.24, 2.45) is 0 Å². The number of hydrogen-bond donors (Lipinski definition) is 1. The first-order valence-corrected chi connectivity index (χ1v) is 10.7. The standard InChI is InChI=1S/C27H22N2O4/c1-33-27(32)29(25-21-11-5-3-9-19(21)20-10-4-6-12-22(20)25)24(26(30)31)15-17-14-18-8-2-7-13-23(18)28-16-17/h2-14,16,24-25H,15H2,1H3,(H,30,31)/t24-/m1/s1. The minimum absolute atomic E-state index is 0.100. The van der Waals surface area contributed by atoms with E-state index in [1.165, 1.54) is 12.0 Å². The first-order valence-electron chi connectivity index (χ1n) is 10.7. The largest absolute Gasteiger partial charge is 0.480 e. The van der Waals surface area contributed by atoms with Gasteiger partial charge >= 0.3 is 12.1 Å². The second kappa shape index (κ2) is 8.39. The van der Waals surface area contributed by atoms with Crippen LogP contribution in [0, 0.1) is 0 Å². The van der Waals surface area contributed by atoms with E-state index < -0.39 is 24.1 Å². The van der Waals surface area contributed by atoms with Crippen LogP contribution >= 0.6 is 0 Å². The highest BCUT2D eigenvalue weighted by molar-refractivity contribution is 5.85. The summed E-state index contributed by atoms with van der Waals surface area (Å²) in [7, 11) is 1.28. The van der Waals surface area contributed by atoms with Gasteiger partial charge in [0.2, 0.25) is 0 Å². The lowest BCUT2D eigenvalue weighted by molar-refractivity contribution is -0.143. The third kappa shape index (κ3) is 3.59. The van der Waals surface area contributed by atoms with Crippen LogP contribution in [-0.4, -0.2) is 40.2 Å². The van der Waals surface area contributed by atoms with E-state index in [4.69, 9.17) is 4.74 Å². The lowest BCUT2D eigenvalue weighted by Crippen LogP contribution is -2.48. The van der Waals surface area contributed by atoms with Gasteiger partial charge in [-0.2, -0.15) is 0 Å². The number of methoxy groups -OCH3 is 1. The van der Waals surface area contributed by atoms with Crippen molar-refractivity contribution in [3.63, 3.8) is 0 Å². The van der Waals surface area contributed by atoms with E-state index in [9.17, 15) is 14.7 Å². The number of carbonyl (C=O) groups excluding carboxylic acids is 1. The number of carbonyl (C=O) groups is 2. The van der Waals surface area contributed by atoms with Crippen LogP contribution in [0.2, 0.25) is 0 Å². The number of rotatable bonds is 5. The van der Waals surface area contributed by atoms with Gasteiger partial charge in [-0.05, 0) is 39.9 Å². The maximum atomic E-state index is 13.1. The highest BCUT2D eigenvalue weighted by Gasteiger charge is 2.42. The van der Waals surface area contributed by atoms with Crippen LogP contribution in [0.5, 0.6) is 0 Å². The van der Waals surface area contributed by atoms with Crippen LogP contribution in [0.3, 0.4) is 0 Å². The van der Waals surface area contributed by atoms with Gasteiger partial charge < -0.3 is 9.84 Å². The number of carboxylic acid groups (broad SMARTS) is 1. The van der Waals surface area contributed by atoms with E-state index in [0.29, 0.717) is 0 Å². The van der Waals surface area contributed by atoms with Crippen LogP contribution in [0.4, 0.5) is 4.79 Å². The van der Waals surface area contributed by atoms with E-state index in [0.717, 1.165) is 38.7 Å². The fourth-order valence-electron chi connectivity index (χ4n) is 4.70. The van der Waals surface area contributed by atoms with Gasteiger partial charge in [0.25, 0.3) is 0 Å². The molecule has 0 spiro atoms. The third-order valence-corrected chi connectivity index (χ3v) is 6.16. The van der Waals surface area contributed by atoms with Crippen LogP contribution in [0.15, 0.2) is 85.1 Å². The molecule has 33 heavy (non-hydrogen) atoms. The molecule has 6 heteroatoms. The number of ether oxygens (including phenoxy) is 1. The number of para-hydroxylation sites is 1. The highest BCUT2D eigenvalue weighted by atomic mass is 16.5. The monoisotopic (exact) mass is 438 g/mol. The fraction of sp³-hybridized carbons (Fsp3) is 0.148. The lowest BCUT2D eigenvalue weighted by Gasteiger charge is -2.34. The highest BCUT2D eigenvalue weighted by Crippen LogP contribution is 2.47. The van der Waals surface area contributed by atoms with Crippen LogP contribution in [0.1, 0.15) is 22.7 Å². The number of pyridine rings is 1. The lowest BCUT2D eigenvalue weighted by atomic mass is 9.98. The van der Waals surface area contributed by atoms with Crippen molar-refractivity contribution in [2.45, 2.75) is 18.5 Å². The number of hydrogen-bond acceptors (Lipinski definition) is 4. The second-order valence-electron chi connectivity index (χ2n) is 8.05. The summed E-state index contributed by atoms with van der Waals surface area (Å²) in [5.74, 6) is -1.10.